The topological polar surface area (TPSA) is 50.8 Å². The number of methoxy groups -OCH3 is 2. The van der Waals surface area contributed by atoms with Gasteiger partial charge in [-0.2, -0.15) is 0 Å². The first kappa shape index (κ1) is 16.8. The van der Waals surface area contributed by atoms with E-state index in [0.717, 1.165) is 18.8 Å². The SMILES string of the molecule is COc1cccc(C(CNC(=O)C(C)OC)N2CCCC2)c1. The molecule has 2 rings (SSSR count). The molecule has 5 heteroatoms. The van der Waals surface area contributed by atoms with Gasteiger partial charge in [0.1, 0.15) is 11.9 Å². The van der Waals surface area contributed by atoms with E-state index in [2.05, 4.69) is 22.3 Å². The average Bonchev–Trinajstić information content (AvgIpc) is 3.08. The van der Waals surface area contributed by atoms with Gasteiger partial charge in [0.05, 0.1) is 13.2 Å². The van der Waals surface area contributed by atoms with E-state index >= 15 is 0 Å². The molecule has 1 aliphatic rings. The molecule has 0 aromatic heterocycles. The van der Waals surface area contributed by atoms with Crippen LogP contribution in [-0.2, 0) is 9.53 Å². The van der Waals surface area contributed by atoms with Crippen molar-refractivity contribution >= 4 is 5.91 Å². The van der Waals surface area contributed by atoms with Crippen LogP contribution >= 0.6 is 0 Å². The second kappa shape index (κ2) is 8.15. The first-order valence-electron chi connectivity index (χ1n) is 7.84. The zero-order valence-corrected chi connectivity index (χ0v) is 13.7. The summed E-state index contributed by atoms with van der Waals surface area (Å²) in [6.07, 6.45) is 2.00. The first-order chi connectivity index (χ1) is 10.7. The zero-order valence-electron chi connectivity index (χ0n) is 13.7. The van der Waals surface area contributed by atoms with Gasteiger partial charge in [0.15, 0.2) is 0 Å². The van der Waals surface area contributed by atoms with Gasteiger partial charge in [0, 0.05) is 13.7 Å². The minimum Gasteiger partial charge on any atom is -0.497 e. The molecule has 1 saturated heterocycles. The second-order valence-corrected chi connectivity index (χ2v) is 5.66. The lowest BCUT2D eigenvalue weighted by Gasteiger charge is -2.28. The van der Waals surface area contributed by atoms with Gasteiger partial charge in [-0.3, -0.25) is 9.69 Å². The summed E-state index contributed by atoms with van der Waals surface area (Å²) in [6, 6.07) is 8.25. The summed E-state index contributed by atoms with van der Waals surface area (Å²) in [5, 5.41) is 3.00. The van der Waals surface area contributed by atoms with Crippen LogP contribution in [0.1, 0.15) is 31.4 Å². The predicted octanol–water partition coefficient (Wildman–Crippen LogP) is 1.98. The molecule has 2 atom stereocenters. The van der Waals surface area contributed by atoms with Gasteiger partial charge in [-0.15, -0.1) is 0 Å². The Bertz CT molecular complexity index is 487. The van der Waals surface area contributed by atoms with Gasteiger partial charge < -0.3 is 14.8 Å². The molecule has 1 aromatic carbocycles. The van der Waals surface area contributed by atoms with Crippen molar-refractivity contribution in [1.29, 1.82) is 0 Å². The Balaban J connectivity index is 2.10. The number of carbonyl (C=O) groups is 1. The zero-order chi connectivity index (χ0) is 15.9. The number of carbonyl (C=O) groups excluding carboxylic acids is 1. The monoisotopic (exact) mass is 306 g/mol. The van der Waals surface area contributed by atoms with Crippen LogP contribution in [-0.4, -0.2) is 50.8 Å². The molecule has 22 heavy (non-hydrogen) atoms. The molecule has 0 spiro atoms. The summed E-state index contributed by atoms with van der Waals surface area (Å²) < 4.78 is 10.4. The number of hydrogen-bond donors (Lipinski definition) is 1. The van der Waals surface area contributed by atoms with Crippen molar-refractivity contribution in [2.45, 2.75) is 31.9 Å². The summed E-state index contributed by atoms with van der Waals surface area (Å²) in [4.78, 5) is 14.4. The van der Waals surface area contributed by atoms with Gasteiger partial charge >= 0.3 is 0 Å². The Morgan fingerprint density at radius 2 is 2.05 bits per heavy atom. The van der Waals surface area contributed by atoms with Gasteiger partial charge in [-0.1, -0.05) is 12.1 Å². The maximum absolute atomic E-state index is 12.0. The van der Waals surface area contributed by atoms with E-state index < -0.39 is 6.10 Å². The lowest BCUT2D eigenvalue weighted by Crippen LogP contribution is -2.40. The van der Waals surface area contributed by atoms with Crippen molar-refractivity contribution in [3.63, 3.8) is 0 Å². The number of likely N-dealkylation sites (tertiary alicyclic amines) is 1. The fourth-order valence-electron chi connectivity index (χ4n) is 2.81. The number of amides is 1. The van der Waals surface area contributed by atoms with Crippen molar-refractivity contribution < 1.29 is 14.3 Å². The summed E-state index contributed by atoms with van der Waals surface area (Å²) >= 11 is 0. The van der Waals surface area contributed by atoms with Crippen molar-refractivity contribution in [1.82, 2.24) is 10.2 Å². The van der Waals surface area contributed by atoms with E-state index in [1.54, 1.807) is 21.1 Å². The van der Waals surface area contributed by atoms with Gasteiger partial charge in [-0.05, 0) is 50.6 Å². The van der Waals surface area contributed by atoms with Crippen LogP contribution in [0, 0.1) is 0 Å². The fraction of sp³-hybridized carbons (Fsp3) is 0.588. The molecule has 1 heterocycles. The Morgan fingerprint density at radius 3 is 2.68 bits per heavy atom. The van der Waals surface area contributed by atoms with Crippen LogP contribution < -0.4 is 10.1 Å². The minimum absolute atomic E-state index is 0.0745. The third kappa shape index (κ3) is 4.21. The van der Waals surface area contributed by atoms with Crippen LogP contribution in [0.5, 0.6) is 5.75 Å². The average molecular weight is 306 g/mol. The maximum atomic E-state index is 12.0. The Hall–Kier alpha value is -1.59. The Kier molecular flexibility index (Phi) is 6.21. The third-order valence-electron chi connectivity index (χ3n) is 4.25. The molecule has 0 bridgehead atoms. The Morgan fingerprint density at radius 1 is 1.32 bits per heavy atom. The number of benzene rings is 1. The van der Waals surface area contributed by atoms with Gasteiger partial charge in [-0.25, -0.2) is 0 Å². The summed E-state index contributed by atoms with van der Waals surface area (Å²) in [7, 11) is 3.22. The smallest absolute Gasteiger partial charge is 0.248 e. The summed E-state index contributed by atoms with van der Waals surface area (Å²) in [5.74, 6) is 0.771. The highest BCUT2D eigenvalue weighted by atomic mass is 16.5. The summed E-state index contributed by atoms with van der Waals surface area (Å²) in [5.41, 5.74) is 1.17. The largest absolute Gasteiger partial charge is 0.497 e. The molecule has 0 aliphatic carbocycles. The molecule has 0 radical (unpaired) electrons. The van der Waals surface area contributed by atoms with E-state index in [0.29, 0.717) is 6.54 Å². The number of nitrogens with zero attached hydrogens (tertiary/aromatic N) is 1. The number of rotatable bonds is 7. The van der Waals surface area contributed by atoms with E-state index in [1.807, 2.05) is 12.1 Å². The third-order valence-corrected chi connectivity index (χ3v) is 4.25. The molecule has 5 nitrogen and oxygen atoms in total. The molecule has 122 valence electrons. The normalized spacial score (nSPS) is 18.0. The van der Waals surface area contributed by atoms with Crippen LogP contribution in [0.3, 0.4) is 0 Å². The van der Waals surface area contributed by atoms with Gasteiger partial charge in [0.25, 0.3) is 0 Å². The highest BCUT2D eigenvalue weighted by Gasteiger charge is 2.25. The van der Waals surface area contributed by atoms with Crippen LogP contribution in [0.2, 0.25) is 0 Å². The lowest BCUT2D eigenvalue weighted by molar-refractivity contribution is -0.130. The molecule has 1 amide bonds. The molecule has 1 aromatic rings. The van der Waals surface area contributed by atoms with Crippen LogP contribution in [0.15, 0.2) is 24.3 Å². The molecule has 0 saturated carbocycles. The van der Waals surface area contributed by atoms with E-state index in [9.17, 15) is 4.79 Å². The van der Waals surface area contributed by atoms with Crippen LogP contribution in [0.25, 0.3) is 0 Å². The van der Waals surface area contributed by atoms with Crippen molar-refractivity contribution in [2.75, 3.05) is 33.9 Å². The highest BCUT2D eigenvalue weighted by Crippen LogP contribution is 2.27. The van der Waals surface area contributed by atoms with Crippen molar-refractivity contribution in [2.24, 2.45) is 0 Å². The quantitative estimate of drug-likeness (QED) is 0.837. The van der Waals surface area contributed by atoms with E-state index in [-0.39, 0.29) is 11.9 Å². The molecule has 2 unspecified atom stereocenters. The van der Waals surface area contributed by atoms with Gasteiger partial charge in [0.2, 0.25) is 5.91 Å². The number of nitrogens with one attached hydrogen (secondary N) is 1. The standard InChI is InChI=1S/C17H26N2O3/c1-13(21-2)17(20)18-12-16(19-9-4-5-10-19)14-7-6-8-15(11-14)22-3/h6-8,11,13,16H,4-5,9-10,12H2,1-3H3,(H,18,20). The van der Waals surface area contributed by atoms with E-state index in [1.165, 1.54) is 18.4 Å². The first-order valence-corrected chi connectivity index (χ1v) is 7.84. The maximum Gasteiger partial charge on any atom is 0.248 e. The molecule has 1 N–H and O–H groups in total. The lowest BCUT2D eigenvalue weighted by atomic mass is 10.0. The minimum atomic E-state index is -0.426. The number of ether oxygens (including phenoxy) is 2. The van der Waals surface area contributed by atoms with Crippen LogP contribution in [0.4, 0.5) is 0 Å². The summed E-state index contributed by atoms with van der Waals surface area (Å²) in [6.45, 7) is 4.47. The predicted molar refractivity (Wildman–Crippen MR) is 86.0 cm³/mol. The van der Waals surface area contributed by atoms with Crippen molar-refractivity contribution in [3.8, 4) is 5.75 Å². The molecular formula is C17H26N2O3. The second-order valence-electron chi connectivity index (χ2n) is 5.66. The Labute approximate surface area is 132 Å². The highest BCUT2D eigenvalue weighted by molar-refractivity contribution is 5.80. The van der Waals surface area contributed by atoms with Crippen molar-refractivity contribution in [3.05, 3.63) is 29.8 Å². The molecular weight excluding hydrogens is 280 g/mol. The van der Waals surface area contributed by atoms with E-state index in [4.69, 9.17) is 9.47 Å². The molecule has 1 aliphatic heterocycles. The fourth-order valence-corrected chi connectivity index (χ4v) is 2.81. The number of hydrogen-bond acceptors (Lipinski definition) is 4. The molecule has 1 fully saturated rings.